The number of rotatable bonds is 2. The summed E-state index contributed by atoms with van der Waals surface area (Å²) in [6, 6.07) is 8.32. The largest absolute Gasteiger partial charge is 0.495 e. The van der Waals surface area contributed by atoms with E-state index in [0.29, 0.717) is 0 Å². The molecule has 3 nitrogen and oxygen atoms in total. The van der Waals surface area contributed by atoms with Crippen molar-refractivity contribution < 1.29 is 4.74 Å². The molecule has 0 aliphatic carbocycles. The van der Waals surface area contributed by atoms with Crippen LogP contribution >= 0.6 is 0 Å². The minimum absolute atomic E-state index is 0.824. The van der Waals surface area contributed by atoms with E-state index in [2.05, 4.69) is 22.3 Å². The molecule has 2 saturated heterocycles. The Kier molecular flexibility index (Phi) is 2.48. The maximum atomic E-state index is 5.42. The normalized spacial score (nSPS) is 28.2. The fourth-order valence-corrected chi connectivity index (χ4v) is 2.94. The van der Waals surface area contributed by atoms with Crippen LogP contribution in [-0.4, -0.2) is 33.3 Å². The van der Waals surface area contributed by atoms with E-state index >= 15 is 0 Å². The molecule has 1 N–H and O–H groups in total. The smallest absolute Gasteiger partial charge is 0.142 e. The molecule has 1 aromatic carbocycles. The van der Waals surface area contributed by atoms with Gasteiger partial charge in [-0.05, 0) is 24.0 Å². The van der Waals surface area contributed by atoms with Crippen molar-refractivity contribution in [2.45, 2.75) is 0 Å². The van der Waals surface area contributed by atoms with Gasteiger partial charge in [0.05, 0.1) is 12.8 Å². The van der Waals surface area contributed by atoms with Gasteiger partial charge in [0.2, 0.25) is 0 Å². The predicted octanol–water partition coefficient (Wildman–Crippen LogP) is 1.35. The van der Waals surface area contributed by atoms with Crippen molar-refractivity contribution in [3.8, 4) is 5.75 Å². The van der Waals surface area contributed by atoms with Crippen LogP contribution in [0.1, 0.15) is 0 Å². The van der Waals surface area contributed by atoms with Gasteiger partial charge in [-0.15, -0.1) is 0 Å². The summed E-state index contributed by atoms with van der Waals surface area (Å²) in [5.74, 6) is 2.64. The van der Waals surface area contributed by atoms with Crippen molar-refractivity contribution >= 4 is 5.69 Å². The first-order valence-electron chi connectivity index (χ1n) is 5.97. The Hall–Kier alpha value is -1.22. The molecule has 0 aromatic heterocycles. The molecule has 16 heavy (non-hydrogen) atoms. The van der Waals surface area contributed by atoms with Gasteiger partial charge in [0.15, 0.2) is 0 Å². The van der Waals surface area contributed by atoms with Crippen molar-refractivity contribution in [3.05, 3.63) is 24.3 Å². The first kappa shape index (κ1) is 9.97. The SMILES string of the molecule is COc1ccccc1N1CC2CNCC2C1. The highest BCUT2D eigenvalue weighted by atomic mass is 16.5. The second kappa shape index (κ2) is 3.98. The molecule has 2 fully saturated rings. The summed E-state index contributed by atoms with van der Waals surface area (Å²) in [5.41, 5.74) is 1.25. The van der Waals surface area contributed by atoms with Crippen LogP contribution in [0.2, 0.25) is 0 Å². The van der Waals surface area contributed by atoms with Gasteiger partial charge in [-0.2, -0.15) is 0 Å². The minimum Gasteiger partial charge on any atom is -0.495 e. The van der Waals surface area contributed by atoms with Gasteiger partial charge >= 0.3 is 0 Å². The predicted molar refractivity (Wildman–Crippen MR) is 65.1 cm³/mol. The number of para-hydroxylation sites is 2. The second-order valence-electron chi connectivity index (χ2n) is 4.76. The first-order chi connectivity index (χ1) is 7.88. The summed E-state index contributed by atoms with van der Waals surface area (Å²) in [5, 5.41) is 3.47. The zero-order chi connectivity index (χ0) is 11.0. The van der Waals surface area contributed by atoms with E-state index in [1.807, 2.05) is 12.1 Å². The fraction of sp³-hybridized carbons (Fsp3) is 0.538. The van der Waals surface area contributed by atoms with Crippen molar-refractivity contribution in [2.75, 3.05) is 38.2 Å². The number of hydrogen-bond donors (Lipinski definition) is 1. The second-order valence-corrected chi connectivity index (χ2v) is 4.76. The Labute approximate surface area is 96.4 Å². The van der Waals surface area contributed by atoms with Crippen molar-refractivity contribution in [3.63, 3.8) is 0 Å². The summed E-state index contributed by atoms with van der Waals surface area (Å²) < 4.78 is 5.42. The average Bonchev–Trinajstić information content (AvgIpc) is 2.89. The van der Waals surface area contributed by atoms with Gasteiger partial charge in [-0.1, -0.05) is 12.1 Å². The number of methoxy groups -OCH3 is 1. The maximum absolute atomic E-state index is 5.42. The molecule has 2 aliphatic rings. The molecule has 0 saturated carbocycles. The third kappa shape index (κ3) is 1.55. The van der Waals surface area contributed by atoms with Crippen LogP contribution in [0, 0.1) is 11.8 Å². The fourth-order valence-electron chi connectivity index (χ4n) is 2.94. The van der Waals surface area contributed by atoms with Crippen LogP contribution in [0.25, 0.3) is 0 Å². The van der Waals surface area contributed by atoms with Crippen LogP contribution in [-0.2, 0) is 0 Å². The van der Waals surface area contributed by atoms with Gasteiger partial charge in [0, 0.05) is 26.2 Å². The molecule has 2 atom stereocenters. The zero-order valence-corrected chi connectivity index (χ0v) is 9.65. The topological polar surface area (TPSA) is 24.5 Å². The zero-order valence-electron chi connectivity index (χ0n) is 9.65. The lowest BCUT2D eigenvalue weighted by Gasteiger charge is -2.22. The number of nitrogens with zero attached hydrogens (tertiary/aromatic N) is 1. The number of fused-ring (bicyclic) bond motifs is 1. The van der Waals surface area contributed by atoms with E-state index in [1.54, 1.807) is 7.11 Å². The lowest BCUT2D eigenvalue weighted by atomic mass is 10.0. The van der Waals surface area contributed by atoms with E-state index in [1.165, 1.54) is 18.8 Å². The standard InChI is InChI=1S/C13H18N2O/c1-16-13-5-3-2-4-12(13)15-8-10-6-14-7-11(10)9-15/h2-5,10-11,14H,6-9H2,1H3. The third-order valence-electron chi connectivity index (χ3n) is 3.82. The summed E-state index contributed by atoms with van der Waals surface area (Å²) >= 11 is 0. The van der Waals surface area contributed by atoms with Gasteiger partial charge in [-0.3, -0.25) is 0 Å². The van der Waals surface area contributed by atoms with Crippen LogP contribution in [0.15, 0.2) is 24.3 Å². The molecule has 1 aromatic rings. The Morgan fingerprint density at radius 1 is 1.19 bits per heavy atom. The van der Waals surface area contributed by atoms with Crippen molar-refractivity contribution in [1.29, 1.82) is 0 Å². The highest BCUT2D eigenvalue weighted by Crippen LogP contribution is 2.35. The van der Waals surface area contributed by atoms with Crippen molar-refractivity contribution in [2.24, 2.45) is 11.8 Å². The monoisotopic (exact) mass is 218 g/mol. The molecule has 0 bridgehead atoms. The number of anilines is 1. The molecule has 86 valence electrons. The van der Waals surface area contributed by atoms with E-state index in [9.17, 15) is 0 Å². The minimum atomic E-state index is 0.824. The van der Waals surface area contributed by atoms with E-state index in [0.717, 1.165) is 30.7 Å². The van der Waals surface area contributed by atoms with Gasteiger partial charge in [0.1, 0.15) is 5.75 Å². The molecule has 0 amide bonds. The molecule has 0 radical (unpaired) electrons. The van der Waals surface area contributed by atoms with Gasteiger partial charge in [0.25, 0.3) is 0 Å². The third-order valence-corrected chi connectivity index (χ3v) is 3.82. The molecule has 0 spiro atoms. The Balaban J connectivity index is 1.83. The molecule has 2 aliphatic heterocycles. The molecular formula is C13H18N2O. The number of hydrogen-bond acceptors (Lipinski definition) is 3. The molecule has 3 rings (SSSR count). The highest BCUT2D eigenvalue weighted by molar-refractivity contribution is 5.59. The quantitative estimate of drug-likeness (QED) is 0.811. The molecule has 2 unspecified atom stereocenters. The Morgan fingerprint density at radius 2 is 1.88 bits per heavy atom. The first-order valence-corrected chi connectivity index (χ1v) is 5.97. The average molecular weight is 218 g/mol. The maximum Gasteiger partial charge on any atom is 0.142 e. The Morgan fingerprint density at radius 3 is 2.56 bits per heavy atom. The summed E-state index contributed by atoms with van der Waals surface area (Å²) in [7, 11) is 1.75. The van der Waals surface area contributed by atoms with Crippen LogP contribution in [0.5, 0.6) is 5.75 Å². The summed E-state index contributed by atoms with van der Waals surface area (Å²) in [6.07, 6.45) is 0. The van der Waals surface area contributed by atoms with Gasteiger partial charge < -0.3 is 15.0 Å². The van der Waals surface area contributed by atoms with Crippen LogP contribution < -0.4 is 15.0 Å². The Bertz CT molecular complexity index is 368. The molecule has 2 heterocycles. The number of benzene rings is 1. The number of nitrogens with one attached hydrogen (secondary N) is 1. The van der Waals surface area contributed by atoms with E-state index in [4.69, 9.17) is 4.74 Å². The summed E-state index contributed by atoms with van der Waals surface area (Å²) in [6.45, 7) is 4.68. The van der Waals surface area contributed by atoms with Gasteiger partial charge in [-0.25, -0.2) is 0 Å². The van der Waals surface area contributed by atoms with Crippen LogP contribution in [0.4, 0.5) is 5.69 Å². The lowest BCUT2D eigenvalue weighted by Crippen LogP contribution is -2.25. The molecule has 3 heteroatoms. The number of ether oxygens (including phenoxy) is 1. The van der Waals surface area contributed by atoms with Crippen molar-refractivity contribution in [1.82, 2.24) is 5.32 Å². The summed E-state index contributed by atoms with van der Waals surface area (Å²) in [4.78, 5) is 2.47. The van der Waals surface area contributed by atoms with E-state index < -0.39 is 0 Å². The van der Waals surface area contributed by atoms with Crippen LogP contribution in [0.3, 0.4) is 0 Å². The van der Waals surface area contributed by atoms with E-state index in [-0.39, 0.29) is 0 Å². The molecular weight excluding hydrogens is 200 g/mol. The lowest BCUT2D eigenvalue weighted by molar-refractivity contribution is 0.414. The highest BCUT2D eigenvalue weighted by Gasteiger charge is 2.36.